The van der Waals surface area contributed by atoms with Crippen LogP contribution < -0.4 is 9.64 Å². The lowest BCUT2D eigenvalue weighted by molar-refractivity contribution is -0.128. The second-order valence-electron chi connectivity index (χ2n) is 9.39. The van der Waals surface area contributed by atoms with Gasteiger partial charge in [-0.15, -0.1) is 0 Å². The van der Waals surface area contributed by atoms with Crippen molar-refractivity contribution in [1.82, 2.24) is 9.47 Å². The molecule has 2 heterocycles. The fraction of sp³-hybridized carbons (Fsp3) is 0.125. The number of urea groups is 1. The predicted octanol–water partition coefficient (Wildman–Crippen LogP) is 5.55. The maximum absolute atomic E-state index is 13.4. The number of barbiturate groups is 1. The normalized spacial score (nSPS) is 14.6. The second kappa shape index (κ2) is 10.8. The SMILES string of the molecule is Cc1cc(/C=C2\C(=O)N(C)C(=O)N(c3ccccc3)C2=O)c(C)n1-c1ccc(OCc2ccccc2C#N)cc1. The number of hydrogen-bond acceptors (Lipinski definition) is 5. The van der Waals surface area contributed by atoms with Crippen LogP contribution in [-0.2, 0) is 16.2 Å². The molecule has 1 aliphatic heterocycles. The van der Waals surface area contributed by atoms with Gasteiger partial charge >= 0.3 is 6.03 Å². The second-order valence-corrected chi connectivity index (χ2v) is 9.39. The van der Waals surface area contributed by atoms with Gasteiger partial charge in [-0.3, -0.25) is 14.5 Å². The van der Waals surface area contributed by atoms with Crippen LogP contribution in [0.2, 0.25) is 0 Å². The number of para-hydroxylation sites is 1. The van der Waals surface area contributed by atoms with Crippen molar-refractivity contribution >= 4 is 29.6 Å². The molecule has 4 amide bonds. The van der Waals surface area contributed by atoms with Crippen molar-refractivity contribution in [2.45, 2.75) is 20.5 Å². The summed E-state index contributed by atoms with van der Waals surface area (Å²) in [6.07, 6.45) is 1.55. The Balaban J connectivity index is 1.42. The van der Waals surface area contributed by atoms with E-state index in [1.807, 2.05) is 66.9 Å². The number of anilines is 1. The van der Waals surface area contributed by atoms with Gasteiger partial charge in [0.05, 0.1) is 17.3 Å². The molecule has 1 aromatic heterocycles. The standard InChI is InChI=1S/C32H26N4O4/c1-21-17-25(18-29-30(37)34(3)32(39)36(31(29)38)26-11-5-4-6-12-26)22(2)35(21)27-13-15-28(16-14-27)40-20-24-10-8-7-9-23(24)19-33/h4-18H,20H2,1-3H3/b29-18+. The number of aryl methyl sites for hydroxylation is 1. The third kappa shape index (κ3) is 4.76. The van der Waals surface area contributed by atoms with Crippen LogP contribution in [0.4, 0.5) is 10.5 Å². The molecule has 8 heteroatoms. The van der Waals surface area contributed by atoms with E-state index < -0.39 is 17.8 Å². The lowest BCUT2D eigenvalue weighted by Crippen LogP contribution is -2.55. The highest BCUT2D eigenvalue weighted by molar-refractivity contribution is 6.39. The van der Waals surface area contributed by atoms with E-state index in [1.165, 1.54) is 7.05 Å². The summed E-state index contributed by atoms with van der Waals surface area (Å²) < 4.78 is 7.92. The molecule has 0 bridgehead atoms. The lowest BCUT2D eigenvalue weighted by Gasteiger charge is -2.31. The van der Waals surface area contributed by atoms with Crippen molar-refractivity contribution in [2.75, 3.05) is 11.9 Å². The number of hydrogen-bond donors (Lipinski definition) is 0. The molecule has 4 aromatic rings. The van der Waals surface area contributed by atoms with Gasteiger partial charge in [-0.25, -0.2) is 9.69 Å². The van der Waals surface area contributed by atoms with Crippen LogP contribution in [0.1, 0.15) is 28.1 Å². The molecule has 0 atom stereocenters. The number of carbonyl (C=O) groups is 3. The quantitative estimate of drug-likeness (QED) is 0.240. The summed E-state index contributed by atoms with van der Waals surface area (Å²) in [6.45, 7) is 4.13. The largest absolute Gasteiger partial charge is 0.489 e. The molecule has 0 aliphatic carbocycles. The molecule has 0 radical (unpaired) electrons. The Bertz CT molecular complexity index is 1700. The number of benzene rings is 3. The molecule has 1 aliphatic rings. The number of carbonyl (C=O) groups excluding carboxylic acids is 3. The fourth-order valence-electron chi connectivity index (χ4n) is 4.74. The van der Waals surface area contributed by atoms with Gasteiger partial charge in [-0.05, 0) is 74.0 Å². The van der Waals surface area contributed by atoms with E-state index in [2.05, 4.69) is 6.07 Å². The van der Waals surface area contributed by atoms with E-state index in [9.17, 15) is 19.6 Å². The Kier molecular flexibility index (Phi) is 7.04. The zero-order valence-electron chi connectivity index (χ0n) is 22.3. The molecule has 0 unspecified atom stereocenters. The third-order valence-corrected chi connectivity index (χ3v) is 6.86. The van der Waals surface area contributed by atoms with Crippen molar-refractivity contribution < 1.29 is 19.1 Å². The highest BCUT2D eigenvalue weighted by Gasteiger charge is 2.41. The minimum absolute atomic E-state index is 0.0902. The first-order chi connectivity index (χ1) is 19.3. The Hall–Kier alpha value is -5.42. The van der Waals surface area contributed by atoms with Crippen LogP contribution in [0.15, 0.2) is 90.5 Å². The van der Waals surface area contributed by atoms with Crippen LogP contribution in [0, 0.1) is 25.2 Å². The highest BCUT2D eigenvalue weighted by Crippen LogP contribution is 2.28. The van der Waals surface area contributed by atoms with Gasteiger partial charge in [0.25, 0.3) is 11.8 Å². The van der Waals surface area contributed by atoms with Gasteiger partial charge in [-0.2, -0.15) is 5.26 Å². The van der Waals surface area contributed by atoms with Crippen LogP contribution in [-0.4, -0.2) is 34.4 Å². The topological polar surface area (TPSA) is 95.6 Å². The van der Waals surface area contributed by atoms with Gasteiger partial charge in [0.15, 0.2) is 0 Å². The van der Waals surface area contributed by atoms with E-state index in [0.29, 0.717) is 22.6 Å². The average molecular weight is 531 g/mol. The number of amides is 4. The smallest absolute Gasteiger partial charge is 0.338 e. The summed E-state index contributed by atoms with van der Waals surface area (Å²) in [7, 11) is 1.37. The van der Waals surface area contributed by atoms with Crippen molar-refractivity contribution in [3.8, 4) is 17.5 Å². The molecule has 0 N–H and O–H groups in total. The van der Waals surface area contributed by atoms with Crippen LogP contribution in [0.5, 0.6) is 5.75 Å². The third-order valence-electron chi connectivity index (χ3n) is 6.86. The predicted molar refractivity (Wildman–Crippen MR) is 151 cm³/mol. The average Bonchev–Trinajstić information content (AvgIpc) is 3.26. The summed E-state index contributed by atoms with van der Waals surface area (Å²) in [4.78, 5) is 41.1. The number of nitriles is 1. The zero-order chi connectivity index (χ0) is 28.4. The summed E-state index contributed by atoms with van der Waals surface area (Å²) in [5, 5.41) is 9.29. The molecule has 198 valence electrons. The maximum Gasteiger partial charge on any atom is 0.338 e. The Morgan fingerprint density at radius 3 is 2.23 bits per heavy atom. The number of ether oxygens (including phenoxy) is 1. The molecule has 1 fully saturated rings. The molecule has 40 heavy (non-hydrogen) atoms. The van der Waals surface area contributed by atoms with Gasteiger partial charge in [-0.1, -0.05) is 36.4 Å². The van der Waals surface area contributed by atoms with Crippen LogP contribution in [0.3, 0.4) is 0 Å². The van der Waals surface area contributed by atoms with Crippen LogP contribution >= 0.6 is 0 Å². The zero-order valence-corrected chi connectivity index (χ0v) is 22.3. The number of rotatable bonds is 6. The van der Waals surface area contributed by atoms with E-state index in [0.717, 1.165) is 32.4 Å². The molecule has 0 saturated carbocycles. The first kappa shape index (κ1) is 26.2. The van der Waals surface area contributed by atoms with E-state index in [1.54, 1.807) is 42.5 Å². The Morgan fingerprint density at radius 1 is 0.850 bits per heavy atom. The molecular formula is C32H26N4O4. The number of nitrogens with zero attached hydrogens (tertiary/aromatic N) is 4. The molecule has 1 saturated heterocycles. The minimum atomic E-state index is -0.692. The Labute approximate surface area is 231 Å². The first-order valence-corrected chi connectivity index (χ1v) is 12.6. The first-order valence-electron chi connectivity index (χ1n) is 12.6. The summed E-state index contributed by atoms with van der Waals surface area (Å²) in [6, 6.07) is 26.8. The van der Waals surface area contributed by atoms with Crippen molar-refractivity contribution in [1.29, 1.82) is 5.26 Å². The number of aromatic nitrogens is 1. The monoisotopic (exact) mass is 530 g/mol. The van der Waals surface area contributed by atoms with Gasteiger partial charge in [0, 0.05) is 29.7 Å². The molecular weight excluding hydrogens is 504 g/mol. The molecule has 3 aromatic carbocycles. The van der Waals surface area contributed by atoms with Crippen LogP contribution in [0.25, 0.3) is 11.8 Å². The molecule has 5 rings (SSSR count). The molecule has 8 nitrogen and oxygen atoms in total. The number of likely N-dealkylation sites (N-methyl/N-ethyl adjacent to an activating group) is 1. The minimum Gasteiger partial charge on any atom is -0.489 e. The molecule has 0 spiro atoms. The highest BCUT2D eigenvalue weighted by atomic mass is 16.5. The van der Waals surface area contributed by atoms with Crippen molar-refractivity contribution in [3.63, 3.8) is 0 Å². The van der Waals surface area contributed by atoms with E-state index >= 15 is 0 Å². The number of imide groups is 2. The summed E-state index contributed by atoms with van der Waals surface area (Å²) >= 11 is 0. The Morgan fingerprint density at radius 2 is 1.52 bits per heavy atom. The van der Waals surface area contributed by atoms with Crippen molar-refractivity contribution in [3.05, 3.63) is 119 Å². The maximum atomic E-state index is 13.4. The van der Waals surface area contributed by atoms with Crippen molar-refractivity contribution in [2.24, 2.45) is 0 Å². The van der Waals surface area contributed by atoms with Gasteiger partial charge in [0.2, 0.25) is 0 Å². The van der Waals surface area contributed by atoms with Gasteiger partial charge in [0.1, 0.15) is 17.9 Å². The van der Waals surface area contributed by atoms with E-state index in [-0.39, 0.29) is 12.2 Å². The fourth-order valence-corrected chi connectivity index (χ4v) is 4.74. The summed E-state index contributed by atoms with van der Waals surface area (Å²) in [5.41, 5.74) is 5.00. The summed E-state index contributed by atoms with van der Waals surface area (Å²) in [5.74, 6) is -0.650. The lowest BCUT2D eigenvalue weighted by atomic mass is 10.1. The van der Waals surface area contributed by atoms with E-state index in [4.69, 9.17) is 4.74 Å². The van der Waals surface area contributed by atoms with Gasteiger partial charge < -0.3 is 9.30 Å².